The number of nitrogens with zero attached hydrogens (tertiary/aromatic N) is 2. The number of amides is 1. The molecule has 0 N–H and O–H groups in total. The average Bonchev–Trinajstić information content (AvgIpc) is 3.11. The van der Waals surface area contributed by atoms with Gasteiger partial charge in [-0.1, -0.05) is 12.1 Å². The quantitative estimate of drug-likeness (QED) is 0.734. The number of halogens is 1. The average molecular weight is 398 g/mol. The van der Waals surface area contributed by atoms with Crippen LogP contribution in [-0.2, 0) is 11.2 Å². The minimum absolute atomic E-state index is 0.113. The van der Waals surface area contributed by atoms with Gasteiger partial charge in [-0.2, -0.15) is 0 Å². The van der Waals surface area contributed by atoms with E-state index in [2.05, 4.69) is 4.90 Å². The number of benzene rings is 2. The van der Waals surface area contributed by atoms with E-state index in [9.17, 15) is 9.18 Å². The first-order chi connectivity index (χ1) is 14.1. The minimum Gasteiger partial charge on any atom is -0.497 e. The molecule has 2 saturated heterocycles. The van der Waals surface area contributed by atoms with Gasteiger partial charge in [-0.25, -0.2) is 9.18 Å². The number of hydrogen-bond acceptors (Lipinski definition) is 4. The van der Waals surface area contributed by atoms with Crippen LogP contribution in [-0.4, -0.2) is 50.4 Å². The third kappa shape index (κ3) is 4.88. The lowest BCUT2D eigenvalue weighted by Gasteiger charge is -2.33. The van der Waals surface area contributed by atoms with Crippen molar-refractivity contribution in [3.8, 4) is 5.75 Å². The third-order valence-corrected chi connectivity index (χ3v) is 5.86. The number of cyclic esters (lactones) is 1. The predicted octanol–water partition coefficient (Wildman–Crippen LogP) is 4.11. The number of anilines is 1. The smallest absolute Gasteiger partial charge is 0.414 e. The second-order valence-corrected chi connectivity index (χ2v) is 7.89. The van der Waals surface area contributed by atoms with Crippen LogP contribution < -0.4 is 9.64 Å². The Hall–Kier alpha value is -2.60. The van der Waals surface area contributed by atoms with Gasteiger partial charge in [-0.05, 0) is 80.2 Å². The van der Waals surface area contributed by atoms with Gasteiger partial charge in [0.25, 0.3) is 0 Å². The molecule has 0 spiro atoms. The molecule has 0 radical (unpaired) electrons. The van der Waals surface area contributed by atoms with Crippen LogP contribution >= 0.6 is 0 Å². The number of piperidine rings is 1. The van der Waals surface area contributed by atoms with Crippen LogP contribution in [0.3, 0.4) is 0 Å². The first-order valence-electron chi connectivity index (χ1n) is 10.2. The number of likely N-dealkylation sites (tertiary alicyclic amines) is 1. The van der Waals surface area contributed by atoms with Crippen LogP contribution in [0.15, 0.2) is 48.5 Å². The highest BCUT2D eigenvalue weighted by molar-refractivity contribution is 5.89. The summed E-state index contributed by atoms with van der Waals surface area (Å²) in [5.74, 6) is 1.21. The Bertz CT molecular complexity index is 817. The van der Waals surface area contributed by atoms with E-state index in [1.807, 2.05) is 36.4 Å². The summed E-state index contributed by atoms with van der Waals surface area (Å²) in [5, 5.41) is 0. The lowest BCUT2D eigenvalue weighted by atomic mass is 9.90. The van der Waals surface area contributed by atoms with Gasteiger partial charge in [0.15, 0.2) is 0 Å². The van der Waals surface area contributed by atoms with Crippen molar-refractivity contribution < 1.29 is 18.7 Å². The van der Waals surface area contributed by atoms with E-state index in [4.69, 9.17) is 9.47 Å². The van der Waals surface area contributed by atoms with Crippen molar-refractivity contribution in [3.63, 3.8) is 0 Å². The van der Waals surface area contributed by atoms with Gasteiger partial charge >= 0.3 is 6.09 Å². The molecule has 5 nitrogen and oxygen atoms in total. The first-order valence-corrected chi connectivity index (χ1v) is 10.2. The molecule has 0 aliphatic carbocycles. The summed E-state index contributed by atoms with van der Waals surface area (Å²) >= 11 is 0. The van der Waals surface area contributed by atoms with E-state index in [0.717, 1.165) is 50.3 Å². The van der Waals surface area contributed by atoms with Gasteiger partial charge in [0.2, 0.25) is 0 Å². The van der Waals surface area contributed by atoms with Gasteiger partial charge in [-0.3, -0.25) is 9.80 Å². The highest BCUT2D eigenvalue weighted by Gasteiger charge is 2.34. The van der Waals surface area contributed by atoms with Crippen LogP contribution in [0.4, 0.5) is 14.9 Å². The molecule has 29 heavy (non-hydrogen) atoms. The largest absolute Gasteiger partial charge is 0.497 e. The van der Waals surface area contributed by atoms with E-state index in [1.54, 1.807) is 12.0 Å². The Balaban J connectivity index is 1.25. The second-order valence-electron chi connectivity index (χ2n) is 7.89. The summed E-state index contributed by atoms with van der Waals surface area (Å²) in [6.07, 6.45) is 2.82. The molecule has 2 aliphatic heterocycles. The molecule has 6 heteroatoms. The zero-order chi connectivity index (χ0) is 20.2. The number of hydrogen-bond donors (Lipinski definition) is 0. The Morgan fingerprint density at radius 2 is 1.76 bits per heavy atom. The van der Waals surface area contributed by atoms with E-state index >= 15 is 0 Å². The van der Waals surface area contributed by atoms with Crippen molar-refractivity contribution in [1.29, 1.82) is 0 Å². The topological polar surface area (TPSA) is 42.0 Å². The lowest BCUT2D eigenvalue weighted by molar-refractivity contribution is 0.0914. The summed E-state index contributed by atoms with van der Waals surface area (Å²) in [6.45, 7) is 3.34. The van der Waals surface area contributed by atoms with Gasteiger partial charge in [0, 0.05) is 12.2 Å². The number of rotatable bonds is 6. The maximum absolute atomic E-state index is 13.1. The molecule has 0 saturated carbocycles. The summed E-state index contributed by atoms with van der Waals surface area (Å²) in [5.41, 5.74) is 2.03. The van der Waals surface area contributed by atoms with Crippen LogP contribution in [0, 0.1) is 11.7 Å². The fourth-order valence-electron chi connectivity index (χ4n) is 4.20. The summed E-state index contributed by atoms with van der Waals surface area (Å²) in [6, 6.07) is 14.3. The molecule has 2 aliphatic rings. The van der Waals surface area contributed by atoms with Crippen molar-refractivity contribution in [2.24, 2.45) is 5.92 Å². The van der Waals surface area contributed by atoms with Gasteiger partial charge in [0.1, 0.15) is 17.7 Å². The fourth-order valence-corrected chi connectivity index (χ4v) is 4.20. The SMILES string of the molecule is COc1ccc(N2C[C@H](CN3CCC(Cc4ccc(F)cc4)CC3)OC2=O)cc1. The van der Waals surface area contributed by atoms with Crippen LogP contribution in [0.5, 0.6) is 5.75 Å². The Kier molecular flexibility index (Phi) is 6.00. The number of carbonyl (C=O) groups is 1. The molecule has 1 amide bonds. The summed E-state index contributed by atoms with van der Waals surface area (Å²) < 4.78 is 23.8. The molecule has 2 aromatic carbocycles. The molecule has 0 bridgehead atoms. The Morgan fingerprint density at radius 1 is 1.07 bits per heavy atom. The Labute approximate surface area is 171 Å². The lowest BCUT2D eigenvalue weighted by Crippen LogP contribution is -2.40. The molecular weight excluding hydrogens is 371 g/mol. The summed E-state index contributed by atoms with van der Waals surface area (Å²) in [7, 11) is 1.62. The maximum atomic E-state index is 13.1. The standard InChI is InChI=1S/C23H27FN2O3/c1-28-21-8-6-20(7-9-21)26-16-22(29-23(26)27)15-25-12-10-18(11-13-25)14-17-2-4-19(24)5-3-17/h2-9,18,22H,10-16H2,1H3/t22-/m0/s1. The van der Waals surface area contributed by atoms with Crippen molar-refractivity contribution in [3.05, 3.63) is 59.9 Å². The van der Waals surface area contributed by atoms with Crippen molar-refractivity contribution in [2.45, 2.75) is 25.4 Å². The zero-order valence-electron chi connectivity index (χ0n) is 16.7. The van der Waals surface area contributed by atoms with E-state index < -0.39 is 0 Å². The Morgan fingerprint density at radius 3 is 2.41 bits per heavy atom. The second kappa shape index (κ2) is 8.82. The molecule has 1 atom stereocenters. The van der Waals surface area contributed by atoms with Gasteiger partial charge in [0.05, 0.1) is 13.7 Å². The van der Waals surface area contributed by atoms with E-state index in [-0.39, 0.29) is 18.0 Å². The number of methoxy groups -OCH3 is 1. The maximum Gasteiger partial charge on any atom is 0.414 e. The number of ether oxygens (including phenoxy) is 2. The molecule has 154 valence electrons. The third-order valence-electron chi connectivity index (χ3n) is 5.86. The molecular formula is C23H27FN2O3. The normalized spacial score (nSPS) is 20.7. The van der Waals surface area contributed by atoms with Crippen LogP contribution in [0.1, 0.15) is 18.4 Å². The number of carbonyl (C=O) groups excluding carboxylic acids is 1. The highest BCUT2D eigenvalue weighted by Crippen LogP contribution is 2.26. The molecule has 4 rings (SSSR count). The van der Waals surface area contributed by atoms with Crippen molar-refractivity contribution >= 4 is 11.8 Å². The fraction of sp³-hybridized carbons (Fsp3) is 0.435. The monoisotopic (exact) mass is 398 g/mol. The highest BCUT2D eigenvalue weighted by atomic mass is 19.1. The van der Waals surface area contributed by atoms with Crippen LogP contribution in [0.2, 0.25) is 0 Å². The molecule has 2 heterocycles. The van der Waals surface area contributed by atoms with E-state index in [1.165, 1.54) is 17.7 Å². The molecule has 2 aromatic rings. The van der Waals surface area contributed by atoms with Crippen molar-refractivity contribution in [2.75, 3.05) is 38.2 Å². The first kappa shape index (κ1) is 19.7. The van der Waals surface area contributed by atoms with Crippen molar-refractivity contribution in [1.82, 2.24) is 4.90 Å². The molecule has 2 fully saturated rings. The van der Waals surface area contributed by atoms with Gasteiger partial charge < -0.3 is 9.47 Å². The van der Waals surface area contributed by atoms with E-state index in [0.29, 0.717) is 12.5 Å². The predicted molar refractivity (Wildman–Crippen MR) is 110 cm³/mol. The van der Waals surface area contributed by atoms with Crippen LogP contribution in [0.25, 0.3) is 0 Å². The zero-order valence-corrected chi connectivity index (χ0v) is 16.7. The molecule has 0 aromatic heterocycles. The summed E-state index contributed by atoms with van der Waals surface area (Å²) in [4.78, 5) is 16.4. The minimum atomic E-state index is -0.286. The van der Waals surface area contributed by atoms with Gasteiger partial charge in [-0.15, -0.1) is 0 Å². The molecule has 0 unspecified atom stereocenters.